The average molecular weight is 702 g/mol. The zero-order valence-electron chi connectivity index (χ0n) is 30.7. The van der Waals surface area contributed by atoms with Crippen LogP contribution in [-0.4, -0.2) is 93.1 Å². The minimum absolute atomic E-state index is 0.0121. The first kappa shape index (κ1) is 43.0. The molecule has 0 aromatic heterocycles. The molecule has 0 saturated carbocycles. The number of nitriles is 1. The number of benzene rings is 1. The first-order valence-corrected chi connectivity index (χ1v) is 16.5. The van der Waals surface area contributed by atoms with Gasteiger partial charge in [0.2, 0.25) is 17.7 Å². The summed E-state index contributed by atoms with van der Waals surface area (Å²) in [6.45, 7) is 16.2. The van der Waals surface area contributed by atoms with Gasteiger partial charge < -0.3 is 30.7 Å². The van der Waals surface area contributed by atoms with E-state index < -0.39 is 83.4 Å². The van der Waals surface area contributed by atoms with Gasteiger partial charge in [-0.2, -0.15) is 5.26 Å². The monoisotopic (exact) mass is 701 g/mol. The largest absolute Gasteiger partial charge is 0.460 e. The molecule has 50 heavy (non-hydrogen) atoms. The molecule has 1 rings (SSSR count). The van der Waals surface area contributed by atoms with Crippen LogP contribution in [0.2, 0.25) is 0 Å². The summed E-state index contributed by atoms with van der Waals surface area (Å²) in [5.74, 6) is -5.06. The fourth-order valence-corrected chi connectivity index (χ4v) is 4.37. The SMILES string of the molecule is CCC(C)[C@H](NC(=O)[C@H](CC(=O)OC(C)(C)C)NC(=O)[C@H](C)NC(=O)[C@H](Cc1ccccc1)NC(=O)[C@H](C)/[N+](O)=C/C#N)C(=O)OC(C)(C)C. The number of ether oxygens (including phenoxy) is 2. The predicted molar refractivity (Wildman–Crippen MR) is 182 cm³/mol. The van der Waals surface area contributed by atoms with Gasteiger partial charge >= 0.3 is 11.9 Å². The standard InChI is InChI=1S/C35H52N6O9/c1-11-21(2)28(33(47)50-35(8,9)10)40-32(46)26(20-27(42)49-34(5,6)7)38-29(43)22(3)37-31(45)25(19-24-15-13-12-14-16-24)39-30(44)23(4)41(48)18-17-36/h12-16,18,21-23,25-26,28H,11,19-20H2,1-10H3,(H4-,37,38,39,40,43,44,45,46,48)/p+1/b41-18-/t21?,22-,23-,25-,26-,28-/m0/s1. The van der Waals surface area contributed by atoms with Crippen molar-refractivity contribution in [2.75, 3.05) is 0 Å². The third kappa shape index (κ3) is 15.5. The minimum atomic E-state index is -1.50. The van der Waals surface area contributed by atoms with Crippen molar-refractivity contribution in [2.45, 2.75) is 130 Å². The summed E-state index contributed by atoms with van der Waals surface area (Å²) in [7, 11) is 0. The first-order chi connectivity index (χ1) is 23.1. The quantitative estimate of drug-likeness (QED) is 0.0553. The number of rotatable bonds is 16. The zero-order chi connectivity index (χ0) is 38.4. The molecule has 0 heterocycles. The number of hydrogen-bond donors (Lipinski definition) is 5. The van der Waals surface area contributed by atoms with Gasteiger partial charge in [-0.25, -0.2) is 4.79 Å². The fourth-order valence-electron chi connectivity index (χ4n) is 4.37. The topological polar surface area (TPSA) is 216 Å². The highest BCUT2D eigenvalue weighted by Crippen LogP contribution is 2.16. The Hall–Kier alpha value is -5.00. The lowest BCUT2D eigenvalue weighted by atomic mass is 9.98. The van der Waals surface area contributed by atoms with Crippen LogP contribution < -0.4 is 21.3 Å². The lowest BCUT2D eigenvalue weighted by molar-refractivity contribution is -0.784. The van der Waals surface area contributed by atoms with E-state index in [0.717, 1.165) is 6.21 Å². The van der Waals surface area contributed by atoms with Crippen LogP contribution in [0.1, 0.15) is 87.6 Å². The summed E-state index contributed by atoms with van der Waals surface area (Å²) in [5, 5.41) is 28.9. The molecule has 6 atom stereocenters. The molecule has 5 N–H and O–H groups in total. The molecule has 0 fully saturated rings. The lowest BCUT2D eigenvalue weighted by Crippen LogP contribution is -2.59. The van der Waals surface area contributed by atoms with Gasteiger partial charge in [0, 0.05) is 13.3 Å². The van der Waals surface area contributed by atoms with Crippen LogP contribution in [0.3, 0.4) is 0 Å². The number of nitrogens with zero attached hydrogens (tertiary/aromatic N) is 2. The van der Waals surface area contributed by atoms with Crippen LogP contribution >= 0.6 is 0 Å². The van der Waals surface area contributed by atoms with E-state index in [0.29, 0.717) is 16.7 Å². The summed E-state index contributed by atoms with van der Waals surface area (Å²) in [6, 6.07) is 4.01. The molecule has 1 aromatic carbocycles. The lowest BCUT2D eigenvalue weighted by Gasteiger charge is -2.29. The summed E-state index contributed by atoms with van der Waals surface area (Å²) in [6.07, 6.45) is 0.658. The van der Waals surface area contributed by atoms with Crippen LogP contribution in [0.15, 0.2) is 30.3 Å². The Morgan fingerprint density at radius 3 is 1.88 bits per heavy atom. The molecule has 276 valence electrons. The highest BCUT2D eigenvalue weighted by Gasteiger charge is 2.36. The second-order valence-electron chi connectivity index (χ2n) is 14.1. The van der Waals surface area contributed by atoms with E-state index in [1.54, 1.807) is 84.9 Å². The summed E-state index contributed by atoms with van der Waals surface area (Å²) in [5.41, 5.74) is -1.06. The number of carbonyl (C=O) groups is 6. The minimum Gasteiger partial charge on any atom is -0.460 e. The smallest absolute Gasteiger partial charge is 0.329 e. The number of carbonyl (C=O) groups excluding carboxylic acids is 6. The third-order valence-electron chi connectivity index (χ3n) is 7.23. The highest BCUT2D eigenvalue weighted by atomic mass is 16.6. The van der Waals surface area contributed by atoms with E-state index in [4.69, 9.17) is 14.7 Å². The van der Waals surface area contributed by atoms with Gasteiger partial charge in [0.15, 0.2) is 6.07 Å². The molecule has 0 spiro atoms. The number of amides is 4. The van der Waals surface area contributed by atoms with Crippen LogP contribution in [0.5, 0.6) is 0 Å². The second-order valence-corrected chi connectivity index (χ2v) is 14.1. The molecule has 0 aliphatic heterocycles. The van der Waals surface area contributed by atoms with E-state index in [-0.39, 0.29) is 12.3 Å². The van der Waals surface area contributed by atoms with E-state index in [1.807, 2.05) is 6.92 Å². The van der Waals surface area contributed by atoms with Crippen molar-refractivity contribution in [3.8, 4) is 6.07 Å². The van der Waals surface area contributed by atoms with Gasteiger partial charge in [0.1, 0.15) is 35.4 Å². The molecule has 0 bridgehead atoms. The Labute approximate surface area is 294 Å². The average Bonchev–Trinajstić information content (AvgIpc) is 3.00. The molecule has 0 radical (unpaired) electrons. The van der Waals surface area contributed by atoms with Gasteiger partial charge in [-0.15, -0.1) is 0 Å². The van der Waals surface area contributed by atoms with Crippen LogP contribution in [-0.2, 0) is 44.7 Å². The van der Waals surface area contributed by atoms with E-state index in [1.165, 1.54) is 13.8 Å². The molecule has 4 amide bonds. The van der Waals surface area contributed by atoms with Crippen molar-refractivity contribution in [3.63, 3.8) is 0 Å². The van der Waals surface area contributed by atoms with Gasteiger partial charge in [-0.3, -0.25) is 29.2 Å². The maximum Gasteiger partial charge on any atom is 0.329 e. The Kier molecular flexibility index (Phi) is 16.6. The van der Waals surface area contributed by atoms with E-state index in [2.05, 4.69) is 21.3 Å². The van der Waals surface area contributed by atoms with Gasteiger partial charge in [0.25, 0.3) is 18.2 Å². The maximum atomic E-state index is 13.6. The van der Waals surface area contributed by atoms with Crippen molar-refractivity contribution in [3.05, 3.63) is 35.9 Å². The normalized spacial score (nSPS) is 15.4. The van der Waals surface area contributed by atoms with Crippen LogP contribution in [0, 0.1) is 17.2 Å². The predicted octanol–water partition coefficient (Wildman–Crippen LogP) is 1.69. The third-order valence-corrected chi connectivity index (χ3v) is 7.23. The highest BCUT2D eigenvalue weighted by molar-refractivity contribution is 5.96. The van der Waals surface area contributed by atoms with E-state index >= 15 is 0 Å². The zero-order valence-corrected chi connectivity index (χ0v) is 30.7. The van der Waals surface area contributed by atoms with Crippen LogP contribution in [0.25, 0.3) is 0 Å². The van der Waals surface area contributed by atoms with Crippen molar-refractivity contribution in [2.24, 2.45) is 5.92 Å². The molecule has 0 saturated heterocycles. The number of hydrogen-bond acceptors (Lipinski definition) is 10. The molecule has 0 aliphatic carbocycles. The Bertz CT molecular complexity index is 1430. The summed E-state index contributed by atoms with van der Waals surface area (Å²) >= 11 is 0. The summed E-state index contributed by atoms with van der Waals surface area (Å²) in [4.78, 5) is 79.2. The Balaban J connectivity index is 3.28. The Morgan fingerprint density at radius 1 is 0.820 bits per heavy atom. The maximum absolute atomic E-state index is 13.6. The van der Waals surface area contributed by atoms with Gasteiger partial charge in [0.05, 0.1) is 6.42 Å². The Morgan fingerprint density at radius 2 is 1.36 bits per heavy atom. The molecule has 15 heteroatoms. The number of esters is 2. The van der Waals surface area contributed by atoms with Gasteiger partial charge in [-0.05, 0) is 64.7 Å². The summed E-state index contributed by atoms with van der Waals surface area (Å²) < 4.78 is 11.3. The first-order valence-electron chi connectivity index (χ1n) is 16.5. The van der Waals surface area contributed by atoms with Crippen LogP contribution in [0.4, 0.5) is 0 Å². The molecule has 15 nitrogen and oxygen atoms in total. The van der Waals surface area contributed by atoms with Gasteiger partial charge in [-0.1, -0.05) is 50.6 Å². The molecule has 1 unspecified atom stereocenters. The second kappa shape index (κ2) is 19.3. The number of nitrogens with one attached hydrogen (secondary N) is 4. The van der Waals surface area contributed by atoms with E-state index in [9.17, 15) is 34.0 Å². The fraction of sp³-hybridized carbons (Fsp3) is 0.600. The number of hydroxylamine groups is 1. The molecular formula is C35H53N6O9+. The van der Waals surface area contributed by atoms with Crippen molar-refractivity contribution < 1.29 is 48.2 Å². The van der Waals surface area contributed by atoms with Crippen molar-refractivity contribution >= 4 is 41.8 Å². The van der Waals surface area contributed by atoms with Crippen molar-refractivity contribution in [1.29, 1.82) is 5.26 Å². The molecule has 1 aromatic rings. The molecular weight excluding hydrogens is 648 g/mol. The molecule has 0 aliphatic rings. The van der Waals surface area contributed by atoms with Crippen molar-refractivity contribution in [1.82, 2.24) is 21.3 Å².